The van der Waals surface area contributed by atoms with Crippen molar-refractivity contribution < 1.29 is 18.0 Å². The molecule has 6 heteroatoms. The predicted octanol–water partition coefficient (Wildman–Crippen LogP) is 4.86. The molecule has 2 aromatic carbocycles. The van der Waals surface area contributed by atoms with Crippen LogP contribution < -0.4 is 0 Å². The van der Waals surface area contributed by atoms with Gasteiger partial charge in [0.15, 0.2) is 11.6 Å². The Bertz CT molecular complexity index is 671. The van der Waals surface area contributed by atoms with Gasteiger partial charge in [0.1, 0.15) is 11.6 Å². The Labute approximate surface area is 123 Å². The third kappa shape index (κ3) is 2.74. The molecular formula is C13H5Br2F3O. The van der Waals surface area contributed by atoms with Crippen molar-refractivity contribution in [3.05, 3.63) is 67.9 Å². The molecule has 0 heterocycles. The van der Waals surface area contributed by atoms with E-state index in [-0.39, 0.29) is 14.5 Å². The van der Waals surface area contributed by atoms with Gasteiger partial charge in [-0.05, 0) is 62.2 Å². The Kier molecular flexibility index (Phi) is 4.10. The highest BCUT2D eigenvalue weighted by Gasteiger charge is 2.22. The number of carbonyl (C=O) groups excluding carboxylic acids is 1. The van der Waals surface area contributed by atoms with E-state index in [1.807, 2.05) is 0 Å². The number of benzene rings is 2. The largest absolute Gasteiger partial charge is 0.288 e. The molecule has 0 bridgehead atoms. The zero-order valence-electron chi connectivity index (χ0n) is 9.18. The Morgan fingerprint density at radius 3 is 2.26 bits per heavy atom. The van der Waals surface area contributed by atoms with Crippen molar-refractivity contribution in [2.75, 3.05) is 0 Å². The fourth-order valence-electron chi connectivity index (χ4n) is 1.54. The van der Waals surface area contributed by atoms with Gasteiger partial charge in [0, 0.05) is 10.0 Å². The maximum absolute atomic E-state index is 13.8. The van der Waals surface area contributed by atoms with Gasteiger partial charge in [0.2, 0.25) is 0 Å². The van der Waals surface area contributed by atoms with Crippen LogP contribution in [-0.2, 0) is 0 Å². The van der Waals surface area contributed by atoms with E-state index in [4.69, 9.17) is 0 Å². The summed E-state index contributed by atoms with van der Waals surface area (Å²) >= 11 is 5.88. The van der Waals surface area contributed by atoms with Gasteiger partial charge < -0.3 is 0 Å². The first-order valence-electron chi connectivity index (χ1n) is 5.05. The van der Waals surface area contributed by atoms with E-state index in [0.717, 1.165) is 18.2 Å². The van der Waals surface area contributed by atoms with E-state index in [9.17, 15) is 18.0 Å². The van der Waals surface area contributed by atoms with Gasteiger partial charge in [0.05, 0.1) is 10.0 Å². The van der Waals surface area contributed by atoms with Crippen LogP contribution in [-0.4, -0.2) is 5.78 Å². The van der Waals surface area contributed by atoms with E-state index in [2.05, 4.69) is 31.9 Å². The summed E-state index contributed by atoms with van der Waals surface area (Å²) in [5.41, 5.74) is -0.695. The van der Waals surface area contributed by atoms with E-state index < -0.39 is 28.8 Å². The standard InChI is InChI=1S/C13H5Br2F3O/c14-8-3-4-10(17)11(12(8)18)13(19)7-2-1-6(16)5-9(7)15/h1-5H. The van der Waals surface area contributed by atoms with Gasteiger partial charge in [0.25, 0.3) is 0 Å². The summed E-state index contributed by atoms with van der Waals surface area (Å²) in [5, 5.41) is 0. The van der Waals surface area contributed by atoms with Crippen molar-refractivity contribution in [1.29, 1.82) is 0 Å². The maximum atomic E-state index is 13.8. The van der Waals surface area contributed by atoms with Gasteiger partial charge in [-0.25, -0.2) is 13.2 Å². The average Bonchev–Trinajstić information content (AvgIpc) is 2.34. The van der Waals surface area contributed by atoms with Crippen LogP contribution in [0.4, 0.5) is 13.2 Å². The highest BCUT2D eigenvalue weighted by Crippen LogP contribution is 2.27. The van der Waals surface area contributed by atoms with Crippen molar-refractivity contribution in [2.45, 2.75) is 0 Å². The SMILES string of the molecule is O=C(c1ccc(F)cc1Br)c1c(F)ccc(Br)c1F. The molecule has 0 saturated carbocycles. The minimum absolute atomic E-state index is 0.0164. The molecule has 0 amide bonds. The molecule has 0 aliphatic carbocycles. The molecule has 19 heavy (non-hydrogen) atoms. The molecule has 0 radical (unpaired) electrons. The molecule has 2 aromatic rings. The quantitative estimate of drug-likeness (QED) is 0.526. The molecule has 0 aliphatic rings. The highest BCUT2D eigenvalue weighted by atomic mass is 79.9. The first-order chi connectivity index (χ1) is 8.91. The third-order valence-corrected chi connectivity index (χ3v) is 3.72. The van der Waals surface area contributed by atoms with Gasteiger partial charge in [-0.15, -0.1) is 0 Å². The lowest BCUT2D eigenvalue weighted by Gasteiger charge is -2.07. The Hall–Kier alpha value is -1.14. The van der Waals surface area contributed by atoms with Crippen LogP contribution in [0.1, 0.15) is 15.9 Å². The van der Waals surface area contributed by atoms with Crippen molar-refractivity contribution in [2.24, 2.45) is 0 Å². The molecule has 0 atom stereocenters. The monoisotopic (exact) mass is 392 g/mol. The van der Waals surface area contributed by atoms with Gasteiger partial charge >= 0.3 is 0 Å². The second-order valence-corrected chi connectivity index (χ2v) is 5.38. The van der Waals surface area contributed by atoms with Crippen LogP contribution in [0.2, 0.25) is 0 Å². The van der Waals surface area contributed by atoms with Gasteiger partial charge in [-0.3, -0.25) is 4.79 Å². The summed E-state index contributed by atoms with van der Waals surface area (Å²) in [6.07, 6.45) is 0. The molecule has 0 spiro atoms. The number of hydrogen-bond acceptors (Lipinski definition) is 1. The van der Waals surface area contributed by atoms with E-state index in [1.165, 1.54) is 12.1 Å². The fraction of sp³-hybridized carbons (Fsp3) is 0. The normalized spacial score (nSPS) is 10.6. The Morgan fingerprint density at radius 1 is 0.947 bits per heavy atom. The van der Waals surface area contributed by atoms with Gasteiger partial charge in [-0.1, -0.05) is 0 Å². The molecule has 0 aromatic heterocycles. The highest BCUT2D eigenvalue weighted by molar-refractivity contribution is 9.10. The molecule has 0 N–H and O–H groups in total. The van der Waals surface area contributed by atoms with Crippen LogP contribution in [0.5, 0.6) is 0 Å². The van der Waals surface area contributed by atoms with Crippen LogP contribution in [0.25, 0.3) is 0 Å². The van der Waals surface area contributed by atoms with Crippen LogP contribution in [0.15, 0.2) is 39.3 Å². The first kappa shape index (κ1) is 14.3. The maximum Gasteiger partial charge on any atom is 0.200 e. The molecule has 0 saturated heterocycles. The van der Waals surface area contributed by atoms with Crippen molar-refractivity contribution in [1.82, 2.24) is 0 Å². The molecular weight excluding hydrogens is 389 g/mol. The van der Waals surface area contributed by atoms with Crippen LogP contribution in [0, 0.1) is 17.5 Å². The minimum atomic E-state index is -0.985. The lowest BCUT2D eigenvalue weighted by atomic mass is 10.0. The summed E-state index contributed by atoms with van der Waals surface area (Å²) < 4.78 is 40.5. The molecule has 2 rings (SSSR count). The van der Waals surface area contributed by atoms with Crippen molar-refractivity contribution >= 4 is 37.6 Å². The summed E-state index contributed by atoms with van der Waals surface area (Å²) in [6.45, 7) is 0. The van der Waals surface area contributed by atoms with Crippen molar-refractivity contribution in [3.63, 3.8) is 0 Å². The second kappa shape index (κ2) is 5.46. The van der Waals surface area contributed by atoms with Gasteiger partial charge in [-0.2, -0.15) is 0 Å². The number of ketones is 1. The summed E-state index contributed by atoms with van der Waals surface area (Å²) in [7, 11) is 0. The second-order valence-electron chi connectivity index (χ2n) is 3.67. The topological polar surface area (TPSA) is 17.1 Å². The number of hydrogen-bond donors (Lipinski definition) is 0. The first-order valence-corrected chi connectivity index (χ1v) is 6.63. The van der Waals surface area contributed by atoms with Crippen LogP contribution in [0.3, 0.4) is 0 Å². The molecule has 1 nitrogen and oxygen atoms in total. The summed E-state index contributed by atoms with van der Waals surface area (Å²) in [4.78, 5) is 12.1. The lowest BCUT2D eigenvalue weighted by Crippen LogP contribution is -2.09. The molecule has 98 valence electrons. The third-order valence-electron chi connectivity index (χ3n) is 2.45. The lowest BCUT2D eigenvalue weighted by molar-refractivity contribution is 0.103. The van der Waals surface area contributed by atoms with E-state index in [1.54, 1.807) is 0 Å². The zero-order chi connectivity index (χ0) is 14.2. The van der Waals surface area contributed by atoms with E-state index in [0.29, 0.717) is 0 Å². The minimum Gasteiger partial charge on any atom is -0.288 e. The summed E-state index contributed by atoms with van der Waals surface area (Å²) in [5.74, 6) is -3.37. The fourth-order valence-corrected chi connectivity index (χ4v) is 2.40. The number of halogens is 5. The smallest absolute Gasteiger partial charge is 0.200 e. The summed E-state index contributed by atoms with van der Waals surface area (Å²) in [6, 6.07) is 5.42. The Balaban J connectivity index is 2.59. The number of carbonyl (C=O) groups is 1. The van der Waals surface area contributed by atoms with Crippen LogP contribution >= 0.6 is 31.9 Å². The average molecular weight is 394 g/mol. The molecule has 0 aliphatic heterocycles. The zero-order valence-corrected chi connectivity index (χ0v) is 12.4. The predicted molar refractivity (Wildman–Crippen MR) is 71.6 cm³/mol. The number of rotatable bonds is 2. The molecule has 0 unspecified atom stereocenters. The molecule has 0 fully saturated rings. The van der Waals surface area contributed by atoms with E-state index >= 15 is 0 Å². The Morgan fingerprint density at radius 2 is 1.63 bits per heavy atom. The van der Waals surface area contributed by atoms with Crippen molar-refractivity contribution in [3.8, 4) is 0 Å².